The summed E-state index contributed by atoms with van der Waals surface area (Å²) in [5, 5.41) is 13.2. The second-order valence-electron chi connectivity index (χ2n) is 9.69. The van der Waals surface area contributed by atoms with Crippen LogP contribution in [0.5, 0.6) is 0 Å². The van der Waals surface area contributed by atoms with Gasteiger partial charge in [-0.25, -0.2) is 18.8 Å². The first-order valence-corrected chi connectivity index (χ1v) is 13.1. The van der Waals surface area contributed by atoms with Gasteiger partial charge in [0, 0.05) is 39.2 Å². The normalized spacial score (nSPS) is 17.2. The van der Waals surface area contributed by atoms with Crippen LogP contribution in [0.4, 0.5) is 18.0 Å². The van der Waals surface area contributed by atoms with E-state index in [0.717, 1.165) is 6.20 Å². The number of aromatic nitrogens is 1. The molecule has 0 spiro atoms. The predicted octanol–water partition coefficient (Wildman–Crippen LogP) is 3.95. The van der Waals surface area contributed by atoms with Crippen LogP contribution in [-0.2, 0) is 29.6 Å². The third-order valence-corrected chi connectivity index (χ3v) is 6.85. The van der Waals surface area contributed by atoms with Crippen molar-refractivity contribution < 1.29 is 41.5 Å². The summed E-state index contributed by atoms with van der Waals surface area (Å²) >= 11 is 0.588. The van der Waals surface area contributed by atoms with Gasteiger partial charge in [0.2, 0.25) is 5.60 Å². The molecule has 14 heteroatoms. The molecule has 0 bridgehead atoms. The molecule has 34 heavy (non-hydrogen) atoms. The molecule has 0 fully saturated rings. The maximum atomic E-state index is 13.5. The van der Waals surface area contributed by atoms with Gasteiger partial charge in [0.05, 0.1) is 0 Å². The molecule has 9 nitrogen and oxygen atoms in total. The van der Waals surface area contributed by atoms with E-state index in [1.807, 2.05) is 0 Å². The van der Waals surface area contributed by atoms with E-state index in [9.17, 15) is 32.1 Å². The molecule has 1 amide bonds. The number of ether oxygens (including phenoxy) is 2. The Morgan fingerprint density at radius 1 is 1.15 bits per heavy atom. The van der Waals surface area contributed by atoms with Gasteiger partial charge in [-0.2, -0.15) is 13.2 Å². The van der Waals surface area contributed by atoms with Gasteiger partial charge in [-0.3, -0.25) is 4.78 Å². The van der Waals surface area contributed by atoms with E-state index in [1.54, 1.807) is 41.5 Å². The van der Waals surface area contributed by atoms with Crippen molar-refractivity contribution in [2.24, 2.45) is 0 Å². The van der Waals surface area contributed by atoms with Crippen LogP contribution in [0.2, 0.25) is 0 Å². The summed E-state index contributed by atoms with van der Waals surface area (Å²) in [6.45, 7) is 9.61. The van der Waals surface area contributed by atoms with E-state index in [2.05, 4.69) is 10.3 Å². The molecule has 196 valence electrons. The molecule has 0 aromatic carbocycles. The van der Waals surface area contributed by atoms with Crippen LogP contribution in [0.3, 0.4) is 0 Å². The number of carbonyl (C=O) groups excluding carboxylic acids is 2. The van der Waals surface area contributed by atoms with Crippen molar-refractivity contribution in [3.63, 3.8) is 0 Å². The van der Waals surface area contributed by atoms with E-state index in [0.29, 0.717) is 11.3 Å². The van der Waals surface area contributed by atoms with Crippen LogP contribution in [-0.4, -0.2) is 61.3 Å². The summed E-state index contributed by atoms with van der Waals surface area (Å²) in [4.78, 5) is 28.2. The predicted molar refractivity (Wildman–Crippen MR) is 121 cm³/mol. The SMILES string of the molecule is CC(C)(C)OC(=O)N[C@@H](CCS(=N)(=O)CCC(O)(c1nccs1)C(F)(F)F)C(=O)OC(C)(C)C. The van der Waals surface area contributed by atoms with Crippen molar-refractivity contribution in [1.82, 2.24) is 10.3 Å². The van der Waals surface area contributed by atoms with Gasteiger partial charge in [0.25, 0.3) is 0 Å². The van der Waals surface area contributed by atoms with Gasteiger partial charge >= 0.3 is 18.2 Å². The Hall–Kier alpha value is -1.93. The number of hydrogen-bond donors (Lipinski definition) is 3. The van der Waals surface area contributed by atoms with Crippen LogP contribution < -0.4 is 5.32 Å². The van der Waals surface area contributed by atoms with E-state index in [4.69, 9.17) is 14.3 Å². The molecule has 0 radical (unpaired) electrons. The quantitative estimate of drug-likeness (QED) is 0.410. The topological polar surface area (TPSA) is 139 Å². The highest BCUT2D eigenvalue weighted by molar-refractivity contribution is 7.92. The summed E-state index contributed by atoms with van der Waals surface area (Å²) < 4.78 is 71.7. The molecule has 0 aliphatic heterocycles. The Bertz CT molecular complexity index is 938. The van der Waals surface area contributed by atoms with Crippen LogP contribution in [0.15, 0.2) is 11.6 Å². The molecule has 1 aromatic heterocycles. The number of halogens is 3. The number of amides is 1. The fourth-order valence-electron chi connectivity index (χ4n) is 2.59. The molecule has 0 aliphatic carbocycles. The Labute approximate surface area is 201 Å². The van der Waals surface area contributed by atoms with Crippen molar-refractivity contribution in [1.29, 1.82) is 4.78 Å². The van der Waals surface area contributed by atoms with Crippen molar-refractivity contribution in [2.45, 2.75) is 83.4 Å². The van der Waals surface area contributed by atoms with Crippen molar-refractivity contribution in [2.75, 3.05) is 11.5 Å². The maximum Gasteiger partial charge on any atom is 0.423 e. The van der Waals surface area contributed by atoms with E-state index >= 15 is 0 Å². The molecule has 0 saturated heterocycles. The lowest BCUT2D eigenvalue weighted by Gasteiger charge is -2.29. The Kier molecular flexibility index (Phi) is 9.54. The lowest BCUT2D eigenvalue weighted by Crippen LogP contribution is -2.47. The van der Waals surface area contributed by atoms with Crippen molar-refractivity contribution in [3.05, 3.63) is 16.6 Å². The fourth-order valence-corrected chi connectivity index (χ4v) is 4.82. The molecular weight excluding hydrogens is 499 g/mol. The smallest absolute Gasteiger partial charge is 0.423 e. The minimum atomic E-state index is -5.10. The van der Waals surface area contributed by atoms with Crippen LogP contribution in [0.1, 0.15) is 59.4 Å². The summed E-state index contributed by atoms with van der Waals surface area (Å²) in [5.74, 6) is -2.21. The Morgan fingerprint density at radius 3 is 2.15 bits per heavy atom. The standard InChI is InChI=1S/C20H32F3N3O6S2/c1-17(2,3)31-14(27)13(26-16(28)32-18(4,5)6)7-11-34(24,30)12-8-19(29,20(21,22)23)15-25-9-10-33-15/h9-10,13,24,29H,7-8,11-12H2,1-6H3,(H,26,28)/t13-,19?,34?/m0/s1. The first-order chi connectivity index (χ1) is 15.2. The zero-order valence-electron chi connectivity index (χ0n) is 19.9. The zero-order chi connectivity index (χ0) is 26.6. The number of carbonyl (C=O) groups is 2. The Morgan fingerprint density at radius 2 is 1.71 bits per heavy atom. The first kappa shape index (κ1) is 30.1. The maximum absolute atomic E-state index is 13.5. The van der Waals surface area contributed by atoms with Gasteiger partial charge in [0.15, 0.2) is 0 Å². The lowest BCUT2D eigenvalue weighted by molar-refractivity contribution is -0.267. The third kappa shape index (κ3) is 9.74. The number of alkyl halides is 3. The van der Waals surface area contributed by atoms with Crippen LogP contribution in [0, 0.1) is 4.78 Å². The van der Waals surface area contributed by atoms with Gasteiger partial charge in [0.1, 0.15) is 22.3 Å². The average Bonchev–Trinajstić information content (AvgIpc) is 3.14. The van der Waals surface area contributed by atoms with Gasteiger partial charge in [-0.15, -0.1) is 11.3 Å². The number of aliphatic hydroxyl groups is 1. The number of nitrogens with zero attached hydrogens (tertiary/aromatic N) is 1. The summed E-state index contributed by atoms with van der Waals surface area (Å²) in [5.41, 5.74) is -5.14. The third-order valence-electron chi connectivity index (χ3n) is 4.17. The van der Waals surface area contributed by atoms with Gasteiger partial charge in [-0.05, 0) is 48.0 Å². The lowest BCUT2D eigenvalue weighted by atomic mass is 10.0. The molecule has 0 aliphatic rings. The summed E-state index contributed by atoms with van der Waals surface area (Å²) in [6, 6.07) is -1.35. The molecular formula is C20H32F3N3O6S2. The molecule has 3 N–H and O–H groups in total. The highest BCUT2D eigenvalue weighted by Gasteiger charge is 2.56. The van der Waals surface area contributed by atoms with Gasteiger partial charge in [-0.1, -0.05) is 0 Å². The average molecular weight is 532 g/mol. The van der Waals surface area contributed by atoms with Gasteiger partial charge < -0.3 is 19.9 Å². The minimum absolute atomic E-state index is 0.349. The second kappa shape index (κ2) is 10.8. The molecule has 2 unspecified atom stereocenters. The van der Waals surface area contributed by atoms with E-state index in [1.165, 1.54) is 5.38 Å². The monoisotopic (exact) mass is 531 g/mol. The zero-order valence-corrected chi connectivity index (χ0v) is 21.6. The van der Waals surface area contributed by atoms with E-state index < -0.39 is 73.7 Å². The number of hydrogen-bond acceptors (Lipinski definition) is 9. The highest BCUT2D eigenvalue weighted by atomic mass is 32.2. The fraction of sp³-hybridized carbons (Fsp3) is 0.750. The second-order valence-corrected chi connectivity index (χ2v) is 13.0. The summed E-state index contributed by atoms with van der Waals surface area (Å²) in [7, 11) is -3.69. The Balaban J connectivity index is 2.96. The number of nitrogens with one attached hydrogen (secondary N) is 2. The molecule has 3 atom stereocenters. The number of esters is 1. The van der Waals surface area contributed by atoms with Crippen molar-refractivity contribution in [3.8, 4) is 0 Å². The largest absolute Gasteiger partial charge is 0.458 e. The molecule has 1 aromatic rings. The van der Waals surface area contributed by atoms with Crippen LogP contribution >= 0.6 is 11.3 Å². The summed E-state index contributed by atoms with van der Waals surface area (Å²) in [6.07, 6.45) is -6.35. The molecule has 1 heterocycles. The van der Waals surface area contributed by atoms with Crippen molar-refractivity contribution >= 4 is 33.1 Å². The minimum Gasteiger partial charge on any atom is -0.458 e. The van der Waals surface area contributed by atoms with E-state index in [-0.39, 0.29) is 6.42 Å². The number of rotatable bonds is 9. The highest BCUT2D eigenvalue weighted by Crippen LogP contribution is 2.42. The van der Waals surface area contributed by atoms with Crippen LogP contribution in [0.25, 0.3) is 0 Å². The molecule has 0 saturated carbocycles. The number of alkyl carbamates (subject to hydrolysis) is 1. The first-order valence-electron chi connectivity index (χ1n) is 10.3. The molecule has 1 rings (SSSR count). The number of thiazole rings is 1.